The number of hydrogen-bond acceptors (Lipinski definition) is 2. The van der Waals surface area contributed by atoms with E-state index < -0.39 is 15.8 Å². The van der Waals surface area contributed by atoms with Gasteiger partial charge in [0, 0.05) is 12.6 Å². The Hall–Kier alpha value is -0.940. The Kier molecular flexibility index (Phi) is 4.26. The Balaban J connectivity index is 2.40. The Bertz CT molecular complexity index is 557. The summed E-state index contributed by atoms with van der Waals surface area (Å²) in [6.45, 7) is 4.22. The highest BCUT2D eigenvalue weighted by molar-refractivity contribution is 7.89. The van der Waals surface area contributed by atoms with Gasteiger partial charge < -0.3 is 0 Å². The van der Waals surface area contributed by atoms with Gasteiger partial charge in [0.05, 0.1) is 4.90 Å². The lowest BCUT2D eigenvalue weighted by atomic mass is 10.0. The van der Waals surface area contributed by atoms with Crippen LogP contribution in [0.4, 0.5) is 4.39 Å². The molecule has 1 aliphatic rings. The average Bonchev–Trinajstić information content (AvgIpc) is 2.38. The first-order valence-electron chi connectivity index (χ1n) is 6.75. The van der Waals surface area contributed by atoms with Crippen LogP contribution >= 0.6 is 0 Å². The molecule has 2 rings (SSSR count). The van der Waals surface area contributed by atoms with Crippen molar-refractivity contribution in [2.75, 3.05) is 6.54 Å². The molecule has 0 N–H and O–H groups in total. The van der Waals surface area contributed by atoms with Crippen LogP contribution in [0.2, 0.25) is 0 Å². The molecule has 19 heavy (non-hydrogen) atoms. The van der Waals surface area contributed by atoms with Crippen molar-refractivity contribution in [1.82, 2.24) is 4.31 Å². The SMILES string of the molecule is CCC1CCCCN1S(=O)(=O)c1ccc(F)cc1C. The maximum atomic E-state index is 13.1. The second-order valence-electron chi connectivity index (χ2n) is 5.08. The summed E-state index contributed by atoms with van der Waals surface area (Å²) in [4.78, 5) is 0.231. The molecule has 0 spiro atoms. The molecule has 3 nitrogen and oxygen atoms in total. The number of benzene rings is 1. The van der Waals surface area contributed by atoms with Gasteiger partial charge in [0.15, 0.2) is 0 Å². The lowest BCUT2D eigenvalue weighted by molar-refractivity contribution is 0.246. The standard InChI is InChI=1S/C14H20FNO2S/c1-3-13-6-4-5-9-16(13)19(17,18)14-8-7-12(15)10-11(14)2/h7-8,10,13H,3-6,9H2,1-2H3. The fourth-order valence-corrected chi connectivity index (χ4v) is 4.70. The van der Waals surface area contributed by atoms with Gasteiger partial charge in [0.2, 0.25) is 10.0 Å². The molecular formula is C14H20FNO2S. The van der Waals surface area contributed by atoms with E-state index in [1.54, 1.807) is 11.2 Å². The minimum Gasteiger partial charge on any atom is -0.207 e. The van der Waals surface area contributed by atoms with E-state index in [4.69, 9.17) is 0 Å². The zero-order valence-corrected chi connectivity index (χ0v) is 12.2. The second-order valence-corrected chi connectivity index (χ2v) is 6.94. The molecular weight excluding hydrogens is 265 g/mol. The molecule has 1 unspecified atom stereocenters. The molecule has 1 saturated heterocycles. The Labute approximate surface area is 114 Å². The monoisotopic (exact) mass is 285 g/mol. The third-order valence-electron chi connectivity index (χ3n) is 3.77. The van der Waals surface area contributed by atoms with Crippen molar-refractivity contribution in [2.24, 2.45) is 0 Å². The summed E-state index contributed by atoms with van der Waals surface area (Å²) in [5, 5.41) is 0. The number of halogens is 1. The minimum absolute atomic E-state index is 0.0724. The van der Waals surface area contributed by atoms with Crippen molar-refractivity contribution >= 4 is 10.0 Å². The highest BCUT2D eigenvalue weighted by atomic mass is 32.2. The Morgan fingerprint density at radius 2 is 2.11 bits per heavy atom. The lowest BCUT2D eigenvalue weighted by Gasteiger charge is -2.34. The molecule has 1 aromatic carbocycles. The third kappa shape index (κ3) is 2.82. The van der Waals surface area contributed by atoms with Crippen LogP contribution < -0.4 is 0 Å². The zero-order chi connectivity index (χ0) is 14.0. The smallest absolute Gasteiger partial charge is 0.207 e. The molecule has 0 aliphatic carbocycles. The Morgan fingerprint density at radius 3 is 2.74 bits per heavy atom. The van der Waals surface area contributed by atoms with Crippen molar-refractivity contribution in [3.8, 4) is 0 Å². The van der Waals surface area contributed by atoms with Crippen molar-refractivity contribution in [3.05, 3.63) is 29.6 Å². The molecule has 1 atom stereocenters. The number of aryl methyl sites for hydroxylation is 1. The highest BCUT2D eigenvalue weighted by Crippen LogP contribution is 2.28. The van der Waals surface area contributed by atoms with Crippen LogP contribution in [0, 0.1) is 12.7 Å². The van der Waals surface area contributed by atoms with E-state index >= 15 is 0 Å². The molecule has 5 heteroatoms. The van der Waals surface area contributed by atoms with Crippen LogP contribution in [0.5, 0.6) is 0 Å². The van der Waals surface area contributed by atoms with Gasteiger partial charge in [-0.2, -0.15) is 4.31 Å². The molecule has 1 aromatic rings. The maximum Gasteiger partial charge on any atom is 0.243 e. The Morgan fingerprint density at radius 1 is 1.37 bits per heavy atom. The number of hydrogen-bond donors (Lipinski definition) is 0. The van der Waals surface area contributed by atoms with Crippen LogP contribution in [0.1, 0.15) is 38.2 Å². The summed E-state index contributed by atoms with van der Waals surface area (Å²) in [5.41, 5.74) is 0.473. The van der Waals surface area contributed by atoms with Crippen LogP contribution in [0.25, 0.3) is 0 Å². The van der Waals surface area contributed by atoms with Gasteiger partial charge in [-0.05, 0) is 49.9 Å². The molecule has 106 valence electrons. The summed E-state index contributed by atoms with van der Waals surface area (Å²) in [7, 11) is -3.50. The van der Waals surface area contributed by atoms with Crippen molar-refractivity contribution < 1.29 is 12.8 Å². The van der Waals surface area contributed by atoms with E-state index in [1.807, 2.05) is 6.92 Å². The first-order valence-corrected chi connectivity index (χ1v) is 8.19. The van der Waals surface area contributed by atoms with Gasteiger partial charge in [-0.3, -0.25) is 0 Å². The average molecular weight is 285 g/mol. The van der Waals surface area contributed by atoms with E-state index in [1.165, 1.54) is 18.2 Å². The summed E-state index contributed by atoms with van der Waals surface area (Å²) < 4.78 is 40.1. The highest BCUT2D eigenvalue weighted by Gasteiger charge is 2.33. The van der Waals surface area contributed by atoms with E-state index in [9.17, 15) is 12.8 Å². The van der Waals surface area contributed by atoms with E-state index in [2.05, 4.69) is 0 Å². The van der Waals surface area contributed by atoms with Gasteiger partial charge in [-0.1, -0.05) is 13.3 Å². The molecule has 0 saturated carbocycles. The van der Waals surface area contributed by atoms with E-state index in [-0.39, 0.29) is 10.9 Å². The first-order chi connectivity index (χ1) is 8.96. The third-order valence-corrected chi connectivity index (χ3v) is 5.88. The van der Waals surface area contributed by atoms with Crippen molar-refractivity contribution in [2.45, 2.75) is 50.5 Å². The van der Waals surface area contributed by atoms with Gasteiger partial charge in [0.25, 0.3) is 0 Å². The zero-order valence-electron chi connectivity index (χ0n) is 11.4. The predicted molar refractivity (Wildman–Crippen MR) is 73.0 cm³/mol. The number of sulfonamides is 1. The number of nitrogens with zero attached hydrogens (tertiary/aromatic N) is 1. The second kappa shape index (κ2) is 5.59. The topological polar surface area (TPSA) is 37.4 Å². The number of piperidine rings is 1. The van der Waals surface area contributed by atoms with Gasteiger partial charge in [-0.15, -0.1) is 0 Å². The largest absolute Gasteiger partial charge is 0.243 e. The van der Waals surface area contributed by atoms with Gasteiger partial charge in [-0.25, -0.2) is 12.8 Å². The van der Waals surface area contributed by atoms with Crippen LogP contribution in [0.15, 0.2) is 23.1 Å². The van der Waals surface area contributed by atoms with Crippen LogP contribution in [-0.4, -0.2) is 25.3 Å². The van der Waals surface area contributed by atoms with Crippen molar-refractivity contribution in [3.63, 3.8) is 0 Å². The molecule has 1 aliphatic heterocycles. The fraction of sp³-hybridized carbons (Fsp3) is 0.571. The molecule has 0 bridgehead atoms. The molecule has 0 radical (unpaired) electrons. The summed E-state index contributed by atoms with van der Waals surface area (Å²) >= 11 is 0. The fourth-order valence-electron chi connectivity index (χ4n) is 2.73. The normalized spacial score (nSPS) is 21.5. The summed E-state index contributed by atoms with van der Waals surface area (Å²) in [6.07, 6.45) is 3.71. The lowest BCUT2D eigenvalue weighted by Crippen LogP contribution is -2.43. The molecule has 1 heterocycles. The maximum absolute atomic E-state index is 13.1. The molecule has 1 fully saturated rings. The van der Waals surface area contributed by atoms with Crippen molar-refractivity contribution in [1.29, 1.82) is 0 Å². The summed E-state index contributed by atoms with van der Waals surface area (Å²) in [6, 6.07) is 3.94. The molecule has 0 amide bonds. The van der Waals surface area contributed by atoms with Gasteiger partial charge in [0.1, 0.15) is 5.82 Å². The van der Waals surface area contributed by atoms with E-state index in [0.717, 1.165) is 25.7 Å². The number of rotatable bonds is 3. The summed E-state index contributed by atoms with van der Waals surface area (Å²) in [5.74, 6) is -0.401. The first kappa shape index (κ1) is 14.5. The minimum atomic E-state index is -3.50. The van der Waals surface area contributed by atoms with Crippen LogP contribution in [0.3, 0.4) is 0 Å². The van der Waals surface area contributed by atoms with E-state index in [0.29, 0.717) is 12.1 Å². The predicted octanol–water partition coefficient (Wildman–Crippen LogP) is 3.09. The molecule has 0 aromatic heterocycles. The quantitative estimate of drug-likeness (QED) is 0.856. The van der Waals surface area contributed by atoms with Gasteiger partial charge >= 0.3 is 0 Å². The van der Waals surface area contributed by atoms with Crippen LogP contribution in [-0.2, 0) is 10.0 Å².